The zero-order valence-corrected chi connectivity index (χ0v) is 14.5. The zero-order chi connectivity index (χ0) is 17.6. The molecule has 0 aliphatic rings. The summed E-state index contributed by atoms with van der Waals surface area (Å²) in [5, 5.41) is 1.91. The first kappa shape index (κ1) is 15.4. The maximum absolute atomic E-state index is 6.11. The lowest BCUT2D eigenvalue weighted by atomic mass is 10.0. The van der Waals surface area contributed by atoms with E-state index in [2.05, 4.69) is 0 Å². The number of ether oxygens (including phenoxy) is 3. The highest BCUT2D eigenvalue weighted by Crippen LogP contribution is 2.43. The van der Waals surface area contributed by atoms with Crippen LogP contribution in [0.3, 0.4) is 0 Å². The number of fused-ring (bicyclic) bond motifs is 2. The summed E-state index contributed by atoms with van der Waals surface area (Å²) < 4.78 is 28.0. The average molecular weight is 338 g/mol. The molecule has 2 aromatic heterocycles. The summed E-state index contributed by atoms with van der Waals surface area (Å²) in [5.41, 5.74) is 3.41. The molecule has 0 radical (unpaired) electrons. The average Bonchev–Trinajstić information content (AvgIpc) is 3.22. The Morgan fingerprint density at radius 1 is 0.800 bits per heavy atom. The summed E-state index contributed by atoms with van der Waals surface area (Å²) in [6, 6.07) is 9.48. The third-order valence-electron chi connectivity index (χ3n) is 4.37. The van der Waals surface area contributed by atoms with E-state index in [0.717, 1.165) is 33.2 Å². The van der Waals surface area contributed by atoms with Crippen LogP contribution in [0.4, 0.5) is 0 Å². The van der Waals surface area contributed by atoms with Crippen molar-refractivity contribution in [2.75, 3.05) is 21.3 Å². The molecule has 4 aromatic rings. The van der Waals surface area contributed by atoms with Crippen molar-refractivity contribution in [1.82, 2.24) is 0 Å². The SMILES string of the molecule is COc1cc2cc(-c3c(OC)ccc4occ(C)c34)oc2cc1OC. The maximum atomic E-state index is 6.11. The van der Waals surface area contributed by atoms with E-state index in [1.807, 2.05) is 37.3 Å². The molecule has 0 saturated heterocycles. The van der Waals surface area contributed by atoms with E-state index < -0.39 is 0 Å². The van der Waals surface area contributed by atoms with Crippen molar-refractivity contribution >= 4 is 21.9 Å². The van der Waals surface area contributed by atoms with E-state index in [1.54, 1.807) is 27.6 Å². The Hall–Kier alpha value is -3.08. The van der Waals surface area contributed by atoms with Crippen LogP contribution in [0.2, 0.25) is 0 Å². The molecule has 2 aromatic carbocycles. The van der Waals surface area contributed by atoms with Gasteiger partial charge in [0, 0.05) is 16.8 Å². The van der Waals surface area contributed by atoms with E-state index in [4.69, 9.17) is 23.0 Å². The Morgan fingerprint density at radius 2 is 1.52 bits per heavy atom. The Kier molecular flexibility index (Phi) is 3.57. The summed E-state index contributed by atoms with van der Waals surface area (Å²) >= 11 is 0. The van der Waals surface area contributed by atoms with Gasteiger partial charge in [0.1, 0.15) is 22.7 Å². The topological polar surface area (TPSA) is 54.0 Å². The number of hydrogen-bond donors (Lipinski definition) is 0. The van der Waals surface area contributed by atoms with Crippen molar-refractivity contribution in [1.29, 1.82) is 0 Å². The number of methoxy groups -OCH3 is 3. The first-order valence-electron chi connectivity index (χ1n) is 7.87. The summed E-state index contributed by atoms with van der Waals surface area (Å²) in [6.07, 6.45) is 1.74. The van der Waals surface area contributed by atoms with E-state index in [1.165, 1.54) is 0 Å². The summed E-state index contributed by atoms with van der Waals surface area (Å²) in [5.74, 6) is 2.72. The number of aryl methyl sites for hydroxylation is 1. The van der Waals surface area contributed by atoms with Gasteiger partial charge in [-0.15, -0.1) is 0 Å². The second kappa shape index (κ2) is 5.77. The fourth-order valence-electron chi connectivity index (χ4n) is 3.17. The third kappa shape index (κ3) is 2.31. The highest BCUT2D eigenvalue weighted by Gasteiger charge is 2.19. The van der Waals surface area contributed by atoms with Crippen LogP contribution < -0.4 is 14.2 Å². The van der Waals surface area contributed by atoms with Gasteiger partial charge >= 0.3 is 0 Å². The monoisotopic (exact) mass is 338 g/mol. The molecule has 0 fully saturated rings. The van der Waals surface area contributed by atoms with Crippen molar-refractivity contribution < 1.29 is 23.0 Å². The molecule has 0 amide bonds. The van der Waals surface area contributed by atoms with Gasteiger partial charge in [-0.2, -0.15) is 0 Å². The molecule has 2 heterocycles. The van der Waals surface area contributed by atoms with Gasteiger partial charge in [-0.1, -0.05) is 0 Å². The minimum atomic E-state index is 0.626. The molecular formula is C20H18O5. The molecule has 0 saturated carbocycles. The standard InChI is InChI=1S/C20H18O5/c1-11-10-24-14-6-5-13(21-2)20(19(11)14)18-8-12-7-16(22-3)17(23-4)9-15(12)25-18/h5-10H,1-4H3. The molecule has 0 aliphatic heterocycles. The number of rotatable bonds is 4. The molecule has 25 heavy (non-hydrogen) atoms. The predicted molar refractivity (Wildman–Crippen MR) is 95.8 cm³/mol. The van der Waals surface area contributed by atoms with E-state index >= 15 is 0 Å². The van der Waals surface area contributed by atoms with Crippen molar-refractivity contribution in [3.63, 3.8) is 0 Å². The van der Waals surface area contributed by atoms with Gasteiger partial charge in [0.2, 0.25) is 0 Å². The minimum absolute atomic E-state index is 0.626. The van der Waals surface area contributed by atoms with Crippen LogP contribution in [0, 0.1) is 6.92 Å². The van der Waals surface area contributed by atoms with Crippen LogP contribution in [-0.2, 0) is 0 Å². The van der Waals surface area contributed by atoms with Crippen molar-refractivity contribution in [3.05, 3.63) is 42.2 Å². The highest BCUT2D eigenvalue weighted by atomic mass is 16.5. The first-order chi connectivity index (χ1) is 12.2. The van der Waals surface area contributed by atoms with Crippen molar-refractivity contribution in [2.24, 2.45) is 0 Å². The van der Waals surface area contributed by atoms with Crippen LogP contribution in [-0.4, -0.2) is 21.3 Å². The normalized spacial score (nSPS) is 11.2. The molecular weight excluding hydrogens is 320 g/mol. The maximum Gasteiger partial charge on any atom is 0.164 e. The lowest BCUT2D eigenvalue weighted by molar-refractivity contribution is 0.355. The number of benzene rings is 2. The summed E-state index contributed by atoms with van der Waals surface area (Å²) in [7, 11) is 4.87. The summed E-state index contributed by atoms with van der Waals surface area (Å²) in [4.78, 5) is 0. The largest absolute Gasteiger partial charge is 0.496 e. The van der Waals surface area contributed by atoms with Gasteiger partial charge in [-0.05, 0) is 36.8 Å². The lowest BCUT2D eigenvalue weighted by Crippen LogP contribution is -1.89. The van der Waals surface area contributed by atoms with Crippen molar-refractivity contribution in [2.45, 2.75) is 6.92 Å². The van der Waals surface area contributed by atoms with Gasteiger partial charge in [-0.25, -0.2) is 0 Å². The number of hydrogen-bond acceptors (Lipinski definition) is 5. The molecule has 5 nitrogen and oxygen atoms in total. The number of furan rings is 2. The quantitative estimate of drug-likeness (QED) is 0.513. The molecule has 0 spiro atoms. The van der Waals surface area contributed by atoms with Crippen molar-refractivity contribution in [3.8, 4) is 28.6 Å². The minimum Gasteiger partial charge on any atom is -0.496 e. The van der Waals surface area contributed by atoms with E-state index in [-0.39, 0.29) is 0 Å². The molecule has 0 unspecified atom stereocenters. The lowest BCUT2D eigenvalue weighted by Gasteiger charge is -2.07. The third-order valence-corrected chi connectivity index (χ3v) is 4.37. The summed E-state index contributed by atoms with van der Waals surface area (Å²) in [6.45, 7) is 2.00. The predicted octanol–water partition coefficient (Wildman–Crippen LogP) is 5.18. The molecule has 5 heteroatoms. The molecule has 0 bridgehead atoms. The molecule has 4 rings (SSSR count). The Morgan fingerprint density at radius 3 is 2.24 bits per heavy atom. The Labute approximate surface area is 144 Å². The van der Waals surface area contributed by atoms with Gasteiger partial charge in [0.25, 0.3) is 0 Å². The molecule has 128 valence electrons. The Bertz CT molecular complexity index is 1030. The smallest absolute Gasteiger partial charge is 0.164 e. The second-order valence-electron chi connectivity index (χ2n) is 5.79. The molecule has 0 N–H and O–H groups in total. The highest BCUT2D eigenvalue weighted by molar-refractivity contribution is 6.00. The molecule has 0 aliphatic carbocycles. The Balaban J connectivity index is 2.01. The second-order valence-corrected chi connectivity index (χ2v) is 5.79. The van der Waals surface area contributed by atoms with Crippen LogP contribution in [0.1, 0.15) is 5.56 Å². The first-order valence-corrected chi connectivity index (χ1v) is 7.87. The van der Waals surface area contributed by atoms with Gasteiger partial charge in [0.15, 0.2) is 11.5 Å². The molecule has 0 atom stereocenters. The van der Waals surface area contributed by atoms with E-state index in [9.17, 15) is 0 Å². The van der Waals surface area contributed by atoms with E-state index in [0.29, 0.717) is 22.8 Å². The zero-order valence-electron chi connectivity index (χ0n) is 14.5. The van der Waals surface area contributed by atoms with Gasteiger partial charge in [-0.3, -0.25) is 0 Å². The van der Waals surface area contributed by atoms with Crippen LogP contribution in [0.15, 0.2) is 45.4 Å². The van der Waals surface area contributed by atoms with Gasteiger partial charge < -0.3 is 23.0 Å². The van der Waals surface area contributed by atoms with Crippen LogP contribution in [0.25, 0.3) is 33.3 Å². The van der Waals surface area contributed by atoms with Gasteiger partial charge in [0.05, 0.1) is 33.2 Å². The van der Waals surface area contributed by atoms with Crippen LogP contribution >= 0.6 is 0 Å². The fraction of sp³-hybridized carbons (Fsp3) is 0.200. The van der Waals surface area contributed by atoms with Crippen LogP contribution in [0.5, 0.6) is 17.2 Å². The fourth-order valence-corrected chi connectivity index (χ4v) is 3.17.